The van der Waals surface area contributed by atoms with Crippen LogP contribution in [-0.4, -0.2) is 12.9 Å². The Kier molecular flexibility index (Phi) is 4.45. The Bertz CT molecular complexity index is 588. The molecule has 5 heteroatoms. The van der Waals surface area contributed by atoms with Crippen molar-refractivity contribution in [1.29, 1.82) is 0 Å². The third kappa shape index (κ3) is 2.78. The van der Waals surface area contributed by atoms with Gasteiger partial charge in [-0.15, -0.1) is 11.3 Å². The fraction of sp³-hybridized carbons (Fsp3) is 0.154. The molecule has 2 rings (SSSR count). The molecular formula is C13H10BrIO2S. The number of benzene rings is 1. The highest BCUT2D eigenvalue weighted by Gasteiger charge is 2.17. The molecule has 0 amide bonds. The van der Waals surface area contributed by atoms with Gasteiger partial charge in [-0.25, -0.2) is 0 Å². The van der Waals surface area contributed by atoms with Crippen LogP contribution in [-0.2, 0) is 0 Å². The van der Waals surface area contributed by atoms with Crippen molar-refractivity contribution in [2.75, 3.05) is 7.11 Å². The van der Waals surface area contributed by atoms with Crippen molar-refractivity contribution in [3.05, 3.63) is 47.6 Å². The molecule has 18 heavy (non-hydrogen) atoms. The molecule has 94 valence electrons. The van der Waals surface area contributed by atoms with Gasteiger partial charge in [-0.2, -0.15) is 0 Å². The molecule has 0 N–H and O–H groups in total. The molecule has 2 nitrogen and oxygen atoms in total. The summed E-state index contributed by atoms with van der Waals surface area (Å²) in [5.41, 5.74) is 1.69. The Hall–Kier alpha value is -0.400. The Morgan fingerprint density at radius 3 is 2.67 bits per heavy atom. The zero-order valence-corrected chi connectivity index (χ0v) is 14.4. The van der Waals surface area contributed by atoms with Crippen LogP contribution in [0.5, 0.6) is 5.75 Å². The highest BCUT2D eigenvalue weighted by atomic mass is 127. The molecule has 0 aliphatic heterocycles. The van der Waals surface area contributed by atoms with Crippen LogP contribution in [0.15, 0.2) is 28.1 Å². The molecule has 0 radical (unpaired) electrons. The smallest absolute Gasteiger partial charge is 0.206 e. The SMILES string of the molecule is COc1ccc(I)cc1C(=O)c1cc(C)c(Br)s1. The fourth-order valence-corrected chi connectivity index (χ4v) is 3.54. The van der Waals surface area contributed by atoms with E-state index in [-0.39, 0.29) is 5.78 Å². The number of carbonyl (C=O) groups is 1. The van der Waals surface area contributed by atoms with Gasteiger partial charge in [0, 0.05) is 3.57 Å². The summed E-state index contributed by atoms with van der Waals surface area (Å²) in [4.78, 5) is 13.2. The second-order valence-electron chi connectivity index (χ2n) is 3.74. The number of thiophene rings is 1. The number of hydrogen-bond donors (Lipinski definition) is 0. The summed E-state index contributed by atoms with van der Waals surface area (Å²) in [6.45, 7) is 1.98. The number of halogens is 2. The van der Waals surface area contributed by atoms with Crippen LogP contribution >= 0.6 is 49.9 Å². The summed E-state index contributed by atoms with van der Waals surface area (Å²) in [6, 6.07) is 7.50. The molecular weight excluding hydrogens is 427 g/mol. The summed E-state index contributed by atoms with van der Waals surface area (Å²) in [5, 5.41) is 0. The molecule has 0 spiro atoms. The number of ketones is 1. The van der Waals surface area contributed by atoms with Crippen LogP contribution in [0.1, 0.15) is 20.8 Å². The maximum absolute atomic E-state index is 12.5. The number of rotatable bonds is 3. The number of ether oxygens (including phenoxy) is 1. The Morgan fingerprint density at radius 1 is 1.39 bits per heavy atom. The van der Waals surface area contributed by atoms with Crippen molar-refractivity contribution < 1.29 is 9.53 Å². The van der Waals surface area contributed by atoms with Crippen LogP contribution in [0.3, 0.4) is 0 Å². The third-order valence-electron chi connectivity index (χ3n) is 2.49. The van der Waals surface area contributed by atoms with Gasteiger partial charge in [0.15, 0.2) is 0 Å². The van der Waals surface area contributed by atoms with E-state index in [0.717, 1.165) is 17.8 Å². The molecule has 0 unspecified atom stereocenters. The molecule has 0 aliphatic rings. The first-order chi connectivity index (χ1) is 8.52. The summed E-state index contributed by atoms with van der Waals surface area (Å²) in [5.74, 6) is 0.617. The largest absolute Gasteiger partial charge is 0.496 e. The molecule has 0 aliphatic carbocycles. The normalized spacial score (nSPS) is 10.4. The molecule has 1 heterocycles. The molecule has 1 aromatic carbocycles. The maximum atomic E-state index is 12.5. The van der Waals surface area contributed by atoms with Crippen molar-refractivity contribution >= 4 is 55.6 Å². The lowest BCUT2D eigenvalue weighted by Crippen LogP contribution is -2.02. The lowest BCUT2D eigenvalue weighted by molar-refractivity contribution is 0.103. The quantitative estimate of drug-likeness (QED) is 0.516. The number of aryl methyl sites for hydroxylation is 1. The first-order valence-electron chi connectivity index (χ1n) is 5.17. The lowest BCUT2D eigenvalue weighted by Gasteiger charge is -2.06. The van der Waals surface area contributed by atoms with Gasteiger partial charge in [0.2, 0.25) is 5.78 Å². The lowest BCUT2D eigenvalue weighted by atomic mass is 10.1. The zero-order chi connectivity index (χ0) is 13.3. The van der Waals surface area contributed by atoms with Crippen LogP contribution in [0.2, 0.25) is 0 Å². The minimum Gasteiger partial charge on any atom is -0.496 e. The van der Waals surface area contributed by atoms with E-state index in [9.17, 15) is 4.79 Å². The zero-order valence-electron chi connectivity index (χ0n) is 9.79. The molecule has 0 fully saturated rings. The Labute approximate surface area is 132 Å². The molecule has 2 aromatic rings. The number of hydrogen-bond acceptors (Lipinski definition) is 3. The van der Waals surface area contributed by atoms with E-state index >= 15 is 0 Å². The van der Waals surface area contributed by atoms with Crippen LogP contribution in [0.4, 0.5) is 0 Å². The van der Waals surface area contributed by atoms with E-state index < -0.39 is 0 Å². The molecule has 0 saturated carbocycles. The molecule has 1 aromatic heterocycles. The number of methoxy groups -OCH3 is 1. The fourth-order valence-electron chi connectivity index (χ4n) is 1.56. The maximum Gasteiger partial charge on any atom is 0.206 e. The van der Waals surface area contributed by atoms with Gasteiger partial charge in [-0.05, 0) is 75.3 Å². The highest BCUT2D eigenvalue weighted by molar-refractivity contribution is 14.1. The van der Waals surface area contributed by atoms with E-state index in [1.54, 1.807) is 7.11 Å². The van der Waals surface area contributed by atoms with Crippen LogP contribution in [0.25, 0.3) is 0 Å². The van der Waals surface area contributed by atoms with Gasteiger partial charge in [0.25, 0.3) is 0 Å². The van der Waals surface area contributed by atoms with Crippen molar-refractivity contribution in [3.63, 3.8) is 0 Å². The predicted molar refractivity (Wildman–Crippen MR) is 85.9 cm³/mol. The number of carbonyl (C=O) groups excluding carboxylic acids is 1. The minimum atomic E-state index is 0.00386. The van der Waals surface area contributed by atoms with Crippen molar-refractivity contribution in [3.8, 4) is 5.75 Å². The standard InChI is InChI=1S/C13H10BrIO2S/c1-7-5-11(18-13(7)14)12(16)9-6-8(15)3-4-10(9)17-2/h3-6H,1-2H3. The van der Waals surface area contributed by atoms with Gasteiger partial charge < -0.3 is 4.74 Å². The first-order valence-corrected chi connectivity index (χ1v) is 7.86. The topological polar surface area (TPSA) is 26.3 Å². The average Bonchev–Trinajstić information content (AvgIpc) is 2.68. The van der Waals surface area contributed by atoms with Gasteiger partial charge in [-0.1, -0.05) is 0 Å². The van der Waals surface area contributed by atoms with E-state index in [1.807, 2.05) is 31.2 Å². The van der Waals surface area contributed by atoms with Gasteiger partial charge >= 0.3 is 0 Å². The van der Waals surface area contributed by atoms with E-state index in [4.69, 9.17) is 4.74 Å². The van der Waals surface area contributed by atoms with Crippen LogP contribution < -0.4 is 4.74 Å². The van der Waals surface area contributed by atoms with E-state index in [1.165, 1.54) is 11.3 Å². The van der Waals surface area contributed by atoms with Crippen molar-refractivity contribution in [1.82, 2.24) is 0 Å². The summed E-state index contributed by atoms with van der Waals surface area (Å²) >= 11 is 7.08. The summed E-state index contributed by atoms with van der Waals surface area (Å²) in [6.07, 6.45) is 0. The van der Waals surface area contributed by atoms with Crippen molar-refractivity contribution in [2.45, 2.75) is 6.92 Å². The second-order valence-corrected chi connectivity index (χ2v) is 7.36. The molecule has 0 bridgehead atoms. The average molecular weight is 437 g/mol. The van der Waals surface area contributed by atoms with E-state index in [0.29, 0.717) is 11.3 Å². The summed E-state index contributed by atoms with van der Waals surface area (Å²) in [7, 11) is 1.58. The van der Waals surface area contributed by atoms with Crippen LogP contribution in [0, 0.1) is 10.5 Å². The third-order valence-corrected chi connectivity index (χ3v) is 5.29. The van der Waals surface area contributed by atoms with Gasteiger partial charge in [0.05, 0.1) is 21.3 Å². The summed E-state index contributed by atoms with van der Waals surface area (Å²) < 4.78 is 7.26. The van der Waals surface area contributed by atoms with Gasteiger partial charge in [-0.3, -0.25) is 4.79 Å². The van der Waals surface area contributed by atoms with Gasteiger partial charge in [0.1, 0.15) is 5.75 Å². The minimum absolute atomic E-state index is 0.00386. The molecule has 0 saturated heterocycles. The molecule has 0 atom stereocenters. The Balaban J connectivity index is 2.48. The first kappa shape index (κ1) is 14.0. The Morgan fingerprint density at radius 2 is 2.11 bits per heavy atom. The predicted octanol–water partition coefficient (Wildman–Crippen LogP) is 4.66. The highest BCUT2D eigenvalue weighted by Crippen LogP contribution is 2.31. The van der Waals surface area contributed by atoms with Crippen molar-refractivity contribution in [2.24, 2.45) is 0 Å². The monoisotopic (exact) mass is 436 g/mol. The second kappa shape index (κ2) is 5.71. The van der Waals surface area contributed by atoms with E-state index in [2.05, 4.69) is 38.5 Å².